The van der Waals surface area contributed by atoms with Crippen LogP contribution in [0.3, 0.4) is 0 Å². The molecule has 0 bridgehead atoms. The molecule has 0 saturated heterocycles. The molecule has 180 valence electrons. The zero-order valence-electron chi connectivity index (χ0n) is 20.8. The molecule has 2 heteroatoms. The van der Waals surface area contributed by atoms with Crippen molar-refractivity contribution in [1.82, 2.24) is 0 Å². The van der Waals surface area contributed by atoms with Crippen molar-refractivity contribution in [3.8, 4) is 11.5 Å². The normalized spacial score (nSPS) is 26.6. The number of nitrogens with zero attached hydrogens (tertiary/aromatic N) is 1. The fraction of sp³-hybridized carbons (Fsp3) is 0.139. The van der Waals surface area contributed by atoms with E-state index in [0.29, 0.717) is 11.8 Å². The molecule has 2 nitrogen and oxygen atoms in total. The molecule has 0 aromatic heterocycles. The van der Waals surface area contributed by atoms with E-state index in [2.05, 4.69) is 115 Å². The molecule has 0 spiro atoms. The van der Waals surface area contributed by atoms with Gasteiger partial charge < -0.3 is 4.74 Å². The molecule has 0 amide bonds. The number of aliphatic imine (C=N–C) groups is 1. The average Bonchev–Trinajstić information content (AvgIpc) is 3.37. The molecule has 0 saturated carbocycles. The van der Waals surface area contributed by atoms with Crippen molar-refractivity contribution in [1.29, 1.82) is 0 Å². The van der Waals surface area contributed by atoms with Gasteiger partial charge in [0, 0.05) is 28.5 Å². The Morgan fingerprint density at radius 1 is 0.842 bits per heavy atom. The number of allylic oxidation sites excluding steroid dienone is 12. The maximum Gasteiger partial charge on any atom is 0.135 e. The summed E-state index contributed by atoms with van der Waals surface area (Å²) >= 11 is 0. The largest absolute Gasteiger partial charge is 0.456 e. The summed E-state index contributed by atoms with van der Waals surface area (Å²) in [4.78, 5) is 5.15. The monoisotopic (exact) mass is 487 g/mol. The minimum Gasteiger partial charge on any atom is -0.456 e. The summed E-state index contributed by atoms with van der Waals surface area (Å²) in [6.45, 7) is 0. The zero-order valence-corrected chi connectivity index (χ0v) is 20.8. The van der Waals surface area contributed by atoms with Crippen LogP contribution in [-0.4, -0.2) is 5.71 Å². The number of fused-ring (bicyclic) bond motifs is 2. The molecule has 6 aliphatic rings. The molecular formula is C36H25NO. The maximum absolute atomic E-state index is 6.83. The van der Waals surface area contributed by atoms with Gasteiger partial charge in [-0.3, -0.25) is 4.99 Å². The Morgan fingerprint density at radius 3 is 2.68 bits per heavy atom. The van der Waals surface area contributed by atoms with Crippen molar-refractivity contribution in [2.45, 2.75) is 18.3 Å². The summed E-state index contributed by atoms with van der Waals surface area (Å²) in [5, 5.41) is 0. The third-order valence-corrected chi connectivity index (χ3v) is 9.09. The van der Waals surface area contributed by atoms with E-state index in [1.54, 1.807) is 0 Å². The van der Waals surface area contributed by atoms with E-state index in [0.717, 1.165) is 29.3 Å². The maximum atomic E-state index is 6.83. The van der Waals surface area contributed by atoms with Crippen molar-refractivity contribution in [2.75, 3.05) is 0 Å². The summed E-state index contributed by atoms with van der Waals surface area (Å²) < 4.78 is 6.83. The van der Waals surface area contributed by atoms with Gasteiger partial charge in [-0.1, -0.05) is 103 Å². The fourth-order valence-corrected chi connectivity index (χ4v) is 7.54. The molecule has 3 aromatic rings. The van der Waals surface area contributed by atoms with Gasteiger partial charge in [-0.2, -0.15) is 0 Å². The Balaban J connectivity index is 1.24. The van der Waals surface area contributed by atoms with Crippen LogP contribution in [0.15, 0.2) is 143 Å². The van der Waals surface area contributed by atoms with Gasteiger partial charge in [0.05, 0.1) is 17.3 Å². The van der Waals surface area contributed by atoms with Gasteiger partial charge in [0.2, 0.25) is 0 Å². The SMILES string of the molecule is C1=CC2C3C(=C1)C=CC1=C3C(=CC2c2cccc3c2Oc2cccc4c2C3C(c2ccccc2)=N4)CC=C1. The molecule has 4 aliphatic carbocycles. The average molecular weight is 488 g/mol. The van der Waals surface area contributed by atoms with Crippen molar-refractivity contribution in [3.05, 3.63) is 160 Å². The number of para-hydroxylation sites is 1. The number of benzene rings is 3. The number of ether oxygens (including phenoxy) is 1. The third-order valence-electron chi connectivity index (χ3n) is 9.09. The lowest BCUT2D eigenvalue weighted by atomic mass is 9.60. The molecule has 38 heavy (non-hydrogen) atoms. The highest BCUT2D eigenvalue weighted by Crippen LogP contribution is 2.58. The highest BCUT2D eigenvalue weighted by Gasteiger charge is 2.44. The van der Waals surface area contributed by atoms with Crippen molar-refractivity contribution in [3.63, 3.8) is 0 Å². The lowest BCUT2D eigenvalue weighted by Gasteiger charge is -2.44. The van der Waals surface area contributed by atoms with Gasteiger partial charge in [0.15, 0.2) is 0 Å². The van der Waals surface area contributed by atoms with E-state index in [4.69, 9.17) is 9.73 Å². The summed E-state index contributed by atoms with van der Waals surface area (Å²) in [5.74, 6) is 3.06. The Hall–Kier alpha value is -4.43. The van der Waals surface area contributed by atoms with Gasteiger partial charge in [-0.05, 0) is 52.3 Å². The summed E-state index contributed by atoms with van der Waals surface area (Å²) in [5.41, 5.74) is 12.8. The summed E-state index contributed by atoms with van der Waals surface area (Å²) in [7, 11) is 0. The van der Waals surface area contributed by atoms with E-state index in [1.165, 1.54) is 44.5 Å². The molecule has 0 N–H and O–H groups in total. The minimum atomic E-state index is 0.0817. The standard InChI is InChI=1S/C36H25NO/c1-2-8-23(9-3-1)35-33-27-15-6-14-26(36(27)38-30-17-7-16-29(37-35)34(30)33)28-20-24-12-4-10-21-18-19-22-11-5-13-25(28)32(22)31(21)24/h1-11,13-20,25,28,32-33H,12H2. The van der Waals surface area contributed by atoms with Gasteiger partial charge in [-0.25, -0.2) is 0 Å². The van der Waals surface area contributed by atoms with Gasteiger partial charge in [-0.15, -0.1) is 0 Å². The van der Waals surface area contributed by atoms with Crippen molar-refractivity contribution >= 4 is 11.4 Å². The number of hydrogen-bond acceptors (Lipinski definition) is 2. The van der Waals surface area contributed by atoms with Crippen LogP contribution in [0.2, 0.25) is 0 Å². The van der Waals surface area contributed by atoms with E-state index in [-0.39, 0.29) is 11.8 Å². The lowest BCUT2D eigenvalue weighted by Crippen LogP contribution is -2.32. The zero-order chi connectivity index (χ0) is 24.8. The molecule has 3 aromatic carbocycles. The Morgan fingerprint density at radius 2 is 1.74 bits per heavy atom. The number of hydrogen-bond donors (Lipinski definition) is 0. The van der Waals surface area contributed by atoms with Gasteiger partial charge in [0.25, 0.3) is 0 Å². The predicted octanol–water partition coefficient (Wildman–Crippen LogP) is 8.64. The quantitative estimate of drug-likeness (QED) is 0.354. The molecule has 4 unspecified atom stereocenters. The first-order valence-corrected chi connectivity index (χ1v) is 13.6. The van der Waals surface area contributed by atoms with E-state index in [1.807, 2.05) is 0 Å². The van der Waals surface area contributed by atoms with E-state index < -0.39 is 0 Å². The van der Waals surface area contributed by atoms with Gasteiger partial charge in [0.1, 0.15) is 11.5 Å². The molecule has 0 radical (unpaired) electrons. The first kappa shape index (κ1) is 20.6. The lowest BCUT2D eigenvalue weighted by molar-refractivity contribution is 0.415. The van der Waals surface area contributed by atoms with Crippen LogP contribution in [0, 0.1) is 11.8 Å². The van der Waals surface area contributed by atoms with Crippen LogP contribution >= 0.6 is 0 Å². The summed E-state index contributed by atoms with van der Waals surface area (Å²) in [6.07, 6.45) is 19.8. The van der Waals surface area contributed by atoms with Crippen LogP contribution in [0.25, 0.3) is 0 Å². The van der Waals surface area contributed by atoms with Gasteiger partial charge >= 0.3 is 0 Å². The van der Waals surface area contributed by atoms with Crippen molar-refractivity contribution in [2.24, 2.45) is 16.8 Å². The highest BCUT2D eigenvalue weighted by atomic mass is 16.5. The van der Waals surface area contributed by atoms with Crippen LogP contribution in [0.1, 0.15) is 40.5 Å². The highest BCUT2D eigenvalue weighted by molar-refractivity contribution is 6.13. The first-order chi connectivity index (χ1) is 18.8. The smallest absolute Gasteiger partial charge is 0.135 e. The Kier molecular flexibility index (Phi) is 4.09. The topological polar surface area (TPSA) is 21.6 Å². The van der Waals surface area contributed by atoms with E-state index >= 15 is 0 Å². The molecule has 4 atom stereocenters. The van der Waals surface area contributed by atoms with Crippen LogP contribution in [0.4, 0.5) is 5.69 Å². The minimum absolute atomic E-state index is 0.0817. The Bertz CT molecular complexity index is 1770. The molecule has 0 fully saturated rings. The molecular weight excluding hydrogens is 462 g/mol. The third kappa shape index (κ3) is 2.70. The second kappa shape index (κ2) is 7.55. The molecule has 9 rings (SSSR count). The van der Waals surface area contributed by atoms with Crippen LogP contribution < -0.4 is 4.74 Å². The second-order valence-electron chi connectivity index (χ2n) is 11.0. The van der Waals surface area contributed by atoms with Crippen LogP contribution in [-0.2, 0) is 0 Å². The van der Waals surface area contributed by atoms with E-state index in [9.17, 15) is 0 Å². The first-order valence-electron chi connectivity index (χ1n) is 13.6. The van der Waals surface area contributed by atoms with Crippen LogP contribution in [0.5, 0.6) is 11.5 Å². The number of rotatable bonds is 2. The fourth-order valence-electron chi connectivity index (χ4n) is 7.54. The predicted molar refractivity (Wildman–Crippen MR) is 152 cm³/mol. The molecule has 2 heterocycles. The molecule has 2 aliphatic heterocycles. The summed E-state index contributed by atoms with van der Waals surface area (Å²) in [6, 6.07) is 23.7. The second-order valence-corrected chi connectivity index (χ2v) is 11.0. The Labute approximate surface area is 222 Å². The van der Waals surface area contributed by atoms with Crippen molar-refractivity contribution < 1.29 is 4.74 Å².